The summed E-state index contributed by atoms with van der Waals surface area (Å²) in [7, 11) is -3.87. The molecule has 1 saturated carbocycles. The van der Waals surface area contributed by atoms with Gasteiger partial charge in [-0.3, -0.25) is 4.79 Å². The number of nitrogens with two attached hydrogens (primary N) is 1. The number of benzene rings is 1. The minimum Gasteiger partial charge on any atom is -0.334 e. The van der Waals surface area contributed by atoms with Crippen LogP contribution in [0.4, 0.5) is 0 Å². The van der Waals surface area contributed by atoms with E-state index >= 15 is 0 Å². The molecule has 0 bridgehead atoms. The SMILES string of the molecule is CC(C)N1C(=O)c2ccc(-c3nc(C4(N)CCC4)no3)cc2S1(=O)=O.Cl. The molecule has 26 heavy (non-hydrogen) atoms. The normalized spacial score (nSPS) is 19.8. The summed E-state index contributed by atoms with van der Waals surface area (Å²) in [5.74, 6) is 0.107. The number of rotatable bonds is 3. The van der Waals surface area contributed by atoms with Gasteiger partial charge in [-0.25, -0.2) is 12.7 Å². The van der Waals surface area contributed by atoms with E-state index in [1.807, 2.05) is 0 Å². The van der Waals surface area contributed by atoms with Crippen LogP contribution in [0.2, 0.25) is 0 Å². The highest BCUT2D eigenvalue weighted by atomic mass is 35.5. The molecule has 10 heteroatoms. The van der Waals surface area contributed by atoms with Gasteiger partial charge in [0.15, 0.2) is 5.82 Å². The van der Waals surface area contributed by atoms with E-state index in [-0.39, 0.29) is 28.8 Å². The van der Waals surface area contributed by atoms with Gasteiger partial charge >= 0.3 is 0 Å². The van der Waals surface area contributed by atoms with Crippen molar-refractivity contribution in [3.05, 3.63) is 29.6 Å². The quantitative estimate of drug-likeness (QED) is 0.839. The molecular formula is C16H19ClN4O4S. The Bertz CT molecular complexity index is 982. The molecule has 1 aliphatic carbocycles. The summed E-state index contributed by atoms with van der Waals surface area (Å²) >= 11 is 0. The smallest absolute Gasteiger partial charge is 0.269 e. The number of hydrogen-bond acceptors (Lipinski definition) is 7. The van der Waals surface area contributed by atoms with Crippen LogP contribution in [-0.2, 0) is 15.6 Å². The second-order valence-corrected chi connectivity index (χ2v) is 8.63. The van der Waals surface area contributed by atoms with Gasteiger partial charge in [0.2, 0.25) is 0 Å². The molecule has 4 rings (SSSR count). The zero-order valence-corrected chi connectivity index (χ0v) is 15.9. The van der Waals surface area contributed by atoms with Crippen LogP contribution in [-0.4, -0.2) is 34.8 Å². The predicted molar refractivity (Wildman–Crippen MR) is 95.2 cm³/mol. The minimum absolute atomic E-state index is 0. The summed E-state index contributed by atoms with van der Waals surface area (Å²) < 4.78 is 31.5. The zero-order chi connectivity index (χ0) is 18.0. The third-order valence-corrected chi connectivity index (χ3v) is 6.78. The summed E-state index contributed by atoms with van der Waals surface area (Å²) in [5, 5.41) is 3.94. The van der Waals surface area contributed by atoms with Crippen molar-refractivity contribution in [1.82, 2.24) is 14.4 Å². The highest BCUT2D eigenvalue weighted by Gasteiger charge is 2.43. The van der Waals surface area contributed by atoms with Crippen molar-refractivity contribution in [3.8, 4) is 11.5 Å². The molecule has 1 aliphatic heterocycles. The fourth-order valence-electron chi connectivity index (χ4n) is 3.22. The van der Waals surface area contributed by atoms with Gasteiger partial charge in [-0.1, -0.05) is 5.16 Å². The highest BCUT2D eigenvalue weighted by Crippen LogP contribution is 2.38. The average Bonchev–Trinajstić information content (AvgIpc) is 3.07. The third kappa shape index (κ3) is 2.53. The van der Waals surface area contributed by atoms with Crippen LogP contribution in [0.15, 0.2) is 27.6 Å². The highest BCUT2D eigenvalue weighted by molar-refractivity contribution is 7.90. The fourth-order valence-corrected chi connectivity index (χ4v) is 5.01. The van der Waals surface area contributed by atoms with E-state index < -0.39 is 27.5 Å². The molecule has 0 unspecified atom stereocenters. The Hall–Kier alpha value is -1.97. The molecule has 2 aliphatic rings. The van der Waals surface area contributed by atoms with Gasteiger partial charge in [-0.2, -0.15) is 4.98 Å². The van der Waals surface area contributed by atoms with Crippen molar-refractivity contribution in [3.63, 3.8) is 0 Å². The Morgan fingerprint density at radius 1 is 1.31 bits per heavy atom. The Balaban J connectivity index is 0.00000196. The van der Waals surface area contributed by atoms with Gasteiger partial charge in [0.05, 0.1) is 11.1 Å². The minimum atomic E-state index is -3.87. The molecule has 2 heterocycles. The van der Waals surface area contributed by atoms with Crippen molar-refractivity contribution in [2.24, 2.45) is 5.73 Å². The topological polar surface area (TPSA) is 119 Å². The summed E-state index contributed by atoms with van der Waals surface area (Å²) in [4.78, 5) is 16.7. The van der Waals surface area contributed by atoms with Gasteiger partial charge in [0, 0.05) is 11.6 Å². The fraction of sp³-hybridized carbons (Fsp3) is 0.438. The molecule has 0 atom stereocenters. The lowest BCUT2D eigenvalue weighted by Gasteiger charge is -2.34. The van der Waals surface area contributed by atoms with Crippen LogP contribution in [0.25, 0.3) is 11.5 Å². The zero-order valence-electron chi connectivity index (χ0n) is 14.3. The lowest BCUT2D eigenvalue weighted by molar-refractivity contribution is 0.0846. The van der Waals surface area contributed by atoms with Crippen LogP contribution < -0.4 is 5.73 Å². The molecule has 1 aromatic heterocycles. The summed E-state index contributed by atoms with van der Waals surface area (Å²) in [6, 6.07) is 4.04. The summed E-state index contributed by atoms with van der Waals surface area (Å²) in [6.45, 7) is 3.32. The first-order valence-electron chi connectivity index (χ1n) is 8.10. The number of nitrogens with zero attached hydrogens (tertiary/aromatic N) is 3. The standard InChI is InChI=1S/C16H18N4O4S.ClH/c1-9(2)20-14(21)11-5-4-10(8-12(11)25(20,22)23)13-18-15(19-24-13)16(17)6-3-7-16;/h4-5,8-9H,3,6-7,17H2,1-2H3;1H. The third-order valence-electron chi connectivity index (χ3n) is 4.78. The number of aromatic nitrogens is 2. The largest absolute Gasteiger partial charge is 0.334 e. The van der Waals surface area contributed by atoms with E-state index in [9.17, 15) is 13.2 Å². The molecule has 0 saturated heterocycles. The van der Waals surface area contributed by atoms with E-state index in [2.05, 4.69) is 10.1 Å². The van der Waals surface area contributed by atoms with Crippen molar-refractivity contribution in [2.75, 3.05) is 0 Å². The number of carbonyl (C=O) groups is 1. The van der Waals surface area contributed by atoms with E-state index in [0.29, 0.717) is 11.4 Å². The lowest BCUT2D eigenvalue weighted by Crippen LogP contribution is -2.44. The number of fused-ring (bicyclic) bond motifs is 1. The predicted octanol–water partition coefficient (Wildman–Crippen LogP) is 2.05. The van der Waals surface area contributed by atoms with Crippen LogP contribution >= 0.6 is 12.4 Å². The maximum Gasteiger partial charge on any atom is 0.269 e. The van der Waals surface area contributed by atoms with Gasteiger partial charge in [-0.05, 0) is 51.3 Å². The molecule has 2 aromatic rings. The first-order valence-corrected chi connectivity index (χ1v) is 9.54. The van der Waals surface area contributed by atoms with Crippen molar-refractivity contribution in [1.29, 1.82) is 0 Å². The van der Waals surface area contributed by atoms with Crippen molar-refractivity contribution >= 4 is 28.3 Å². The molecule has 0 radical (unpaired) electrons. The monoisotopic (exact) mass is 398 g/mol. The Morgan fingerprint density at radius 3 is 2.58 bits per heavy atom. The first-order chi connectivity index (χ1) is 11.7. The first kappa shape index (κ1) is 18.8. The average molecular weight is 399 g/mol. The number of hydrogen-bond donors (Lipinski definition) is 1. The molecule has 1 amide bonds. The van der Waals surface area contributed by atoms with Crippen LogP contribution in [0.3, 0.4) is 0 Å². The van der Waals surface area contributed by atoms with E-state index in [1.54, 1.807) is 19.9 Å². The second-order valence-electron chi connectivity index (χ2n) is 6.84. The van der Waals surface area contributed by atoms with E-state index in [4.69, 9.17) is 10.3 Å². The van der Waals surface area contributed by atoms with Gasteiger partial charge in [0.1, 0.15) is 4.90 Å². The molecule has 1 aromatic carbocycles. The van der Waals surface area contributed by atoms with Crippen LogP contribution in [0, 0.1) is 0 Å². The maximum absolute atomic E-state index is 12.7. The van der Waals surface area contributed by atoms with Gasteiger partial charge in [0.25, 0.3) is 21.8 Å². The second kappa shape index (κ2) is 6.04. The number of amides is 1. The molecule has 1 fully saturated rings. The Labute approximate surface area is 157 Å². The van der Waals surface area contributed by atoms with E-state index in [1.165, 1.54) is 12.1 Å². The van der Waals surface area contributed by atoms with Crippen LogP contribution in [0.1, 0.15) is 49.3 Å². The number of halogens is 1. The van der Waals surface area contributed by atoms with Crippen LogP contribution in [0.5, 0.6) is 0 Å². The van der Waals surface area contributed by atoms with Crippen molar-refractivity contribution < 1.29 is 17.7 Å². The Kier molecular flexibility index (Phi) is 4.37. The van der Waals surface area contributed by atoms with Gasteiger partial charge < -0.3 is 10.3 Å². The lowest BCUT2D eigenvalue weighted by atomic mass is 9.77. The van der Waals surface area contributed by atoms with Crippen molar-refractivity contribution in [2.45, 2.75) is 49.6 Å². The van der Waals surface area contributed by atoms with E-state index in [0.717, 1.165) is 23.6 Å². The Morgan fingerprint density at radius 2 is 2.00 bits per heavy atom. The molecule has 140 valence electrons. The number of carbonyl (C=O) groups excluding carboxylic acids is 1. The number of sulfonamides is 1. The molecule has 0 spiro atoms. The molecule has 8 nitrogen and oxygen atoms in total. The van der Waals surface area contributed by atoms with Gasteiger partial charge in [-0.15, -0.1) is 12.4 Å². The molecular weight excluding hydrogens is 380 g/mol. The molecule has 2 N–H and O–H groups in total. The summed E-state index contributed by atoms with van der Waals surface area (Å²) in [6.07, 6.45) is 2.61. The summed E-state index contributed by atoms with van der Waals surface area (Å²) in [5.41, 5.74) is 6.23. The maximum atomic E-state index is 12.7.